The van der Waals surface area contributed by atoms with Gasteiger partial charge in [-0.25, -0.2) is 4.79 Å². The van der Waals surface area contributed by atoms with Crippen LogP contribution in [0.4, 0.5) is 4.79 Å². The van der Waals surface area contributed by atoms with Crippen molar-refractivity contribution in [1.29, 1.82) is 0 Å². The van der Waals surface area contributed by atoms with Gasteiger partial charge in [-0.3, -0.25) is 4.79 Å². The Hall–Kier alpha value is -1.30. The molecule has 3 heterocycles. The Balaban J connectivity index is 1.49. The lowest BCUT2D eigenvalue weighted by atomic mass is 9.82. The van der Waals surface area contributed by atoms with Crippen LogP contribution in [-0.4, -0.2) is 65.2 Å². The van der Waals surface area contributed by atoms with Crippen LogP contribution >= 0.6 is 0 Å². The van der Waals surface area contributed by atoms with E-state index in [0.29, 0.717) is 25.2 Å². The standard InChI is InChI=1S/C14H23N3O3/c1-16-11-3-2-4-12(16)6-10(5-11)15-14(20)17-7-9(8-17)13(18)19/h9-12H,2-8H2,1H3,(H,15,20)(H,18,19). The summed E-state index contributed by atoms with van der Waals surface area (Å²) in [4.78, 5) is 26.9. The third kappa shape index (κ3) is 2.49. The molecule has 6 nitrogen and oxygen atoms in total. The summed E-state index contributed by atoms with van der Waals surface area (Å²) < 4.78 is 0. The fourth-order valence-electron chi connectivity index (χ4n) is 3.80. The van der Waals surface area contributed by atoms with Gasteiger partial charge in [-0.15, -0.1) is 0 Å². The van der Waals surface area contributed by atoms with Gasteiger partial charge >= 0.3 is 12.0 Å². The van der Waals surface area contributed by atoms with Gasteiger partial charge in [0.25, 0.3) is 0 Å². The van der Waals surface area contributed by atoms with Crippen molar-refractivity contribution in [1.82, 2.24) is 15.1 Å². The Morgan fingerprint density at radius 3 is 2.30 bits per heavy atom. The highest BCUT2D eigenvalue weighted by atomic mass is 16.4. The topological polar surface area (TPSA) is 72.9 Å². The number of nitrogens with one attached hydrogen (secondary N) is 1. The maximum absolute atomic E-state index is 12.1. The molecule has 20 heavy (non-hydrogen) atoms. The van der Waals surface area contributed by atoms with Crippen molar-refractivity contribution in [2.24, 2.45) is 5.92 Å². The summed E-state index contributed by atoms with van der Waals surface area (Å²) in [5.74, 6) is -1.18. The number of fused-ring (bicyclic) bond motifs is 2. The van der Waals surface area contributed by atoms with E-state index in [4.69, 9.17) is 5.11 Å². The predicted octanol–water partition coefficient (Wildman–Crippen LogP) is 0.728. The van der Waals surface area contributed by atoms with Crippen LogP contribution in [0.25, 0.3) is 0 Å². The van der Waals surface area contributed by atoms with Crippen LogP contribution in [0.1, 0.15) is 32.1 Å². The summed E-state index contributed by atoms with van der Waals surface area (Å²) in [5.41, 5.74) is 0. The molecule has 0 aromatic carbocycles. The Morgan fingerprint density at radius 1 is 1.15 bits per heavy atom. The number of rotatable bonds is 2. The minimum atomic E-state index is -0.803. The van der Waals surface area contributed by atoms with Gasteiger partial charge in [-0.2, -0.15) is 0 Å². The molecule has 2 N–H and O–H groups in total. The number of urea groups is 1. The number of carboxylic acid groups (broad SMARTS) is 1. The molecule has 2 bridgehead atoms. The third-order valence-electron chi connectivity index (χ3n) is 5.19. The smallest absolute Gasteiger partial charge is 0.317 e. The highest BCUT2D eigenvalue weighted by molar-refractivity contribution is 5.79. The van der Waals surface area contributed by atoms with Crippen LogP contribution < -0.4 is 5.32 Å². The fraction of sp³-hybridized carbons (Fsp3) is 0.857. The van der Waals surface area contributed by atoms with Crippen LogP contribution in [0.15, 0.2) is 0 Å². The van der Waals surface area contributed by atoms with E-state index in [2.05, 4.69) is 17.3 Å². The first kappa shape index (κ1) is 13.7. The van der Waals surface area contributed by atoms with E-state index in [1.807, 2.05) is 0 Å². The first-order valence-electron chi connectivity index (χ1n) is 7.54. The van der Waals surface area contributed by atoms with Crippen molar-refractivity contribution in [3.05, 3.63) is 0 Å². The van der Waals surface area contributed by atoms with E-state index in [-0.39, 0.29) is 18.0 Å². The van der Waals surface area contributed by atoms with Gasteiger partial charge in [0.1, 0.15) is 0 Å². The van der Waals surface area contributed by atoms with E-state index in [1.54, 1.807) is 4.90 Å². The second-order valence-corrected chi connectivity index (χ2v) is 6.46. The van der Waals surface area contributed by atoms with E-state index in [0.717, 1.165) is 12.8 Å². The molecule has 6 heteroatoms. The number of likely N-dealkylation sites (tertiary alicyclic amines) is 1. The molecule has 3 rings (SSSR count). The lowest BCUT2D eigenvalue weighted by molar-refractivity contribution is -0.146. The molecule has 0 spiro atoms. The molecule has 3 fully saturated rings. The number of amides is 2. The summed E-state index contributed by atoms with van der Waals surface area (Å²) in [6.07, 6.45) is 5.80. The van der Waals surface area contributed by atoms with Crippen molar-refractivity contribution < 1.29 is 14.7 Å². The molecular weight excluding hydrogens is 258 g/mol. The molecule has 0 aliphatic carbocycles. The predicted molar refractivity (Wildman–Crippen MR) is 73.4 cm³/mol. The summed E-state index contributed by atoms with van der Waals surface area (Å²) in [5, 5.41) is 11.9. The summed E-state index contributed by atoms with van der Waals surface area (Å²) in [6, 6.07) is 1.35. The van der Waals surface area contributed by atoms with Crippen molar-refractivity contribution in [3.8, 4) is 0 Å². The second kappa shape index (κ2) is 5.24. The van der Waals surface area contributed by atoms with Gasteiger partial charge < -0.3 is 20.2 Å². The largest absolute Gasteiger partial charge is 0.481 e. The van der Waals surface area contributed by atoms with Crippen LogP contribution in [0.2, 0.25) is 0 Å². The molecule has 2 unspecified atom stereocenters. The molecule has 0 saturated carbocycles. The number of piperidine rings is 2. The zero-order valence-corrected chi connectivity index (χ0v) is 11.9. The zero-order chi connectivity index (χ0) is 14.3. The zero-order valence-electron chi connectivity index (χ0n) is 11.9. The number of carbonyl (C=O) groups is 2. The molecule has 3 aliphatic rings. The Bertz CT molecular complexity index is 394. The van der Waals surface area contributed by atoms with Crippen LogP contribution in [-0.2, 0) is 4.79 Å². The second-order valence-electron chi connectivity index (χ2n) is 6.46. The molecule has 0 aromatic heterocycles. The Labute approximate surface area is 119 Å². The van der Waals surface area contributed by atoms with Gasteiger partial charge in [-0.05, 0) is 32.7 Å². The summed E-state index contributed by atoms with van der Waals surface area (Å²) in [6.45, 7) is 0.696. The van der Waals surface area contributed by atoms with Crippen LogP contribution in [0, 0.1) is 5.92 Å². The van der Waals surface area contributed by atoms with Crippen molar-refractivity contribution >= 4 is 12.0 Å². The van der Waals surface area contributed by atoms with Gasteiger partial charge in [0.15, 0.2) is 0 Å². The molecular formula is C14H23N3O3. The minimum absolute atomic E-state index is 0.0878. The number of carbonyl (C=O) groups excluding carboxylic acids is 1. The van der Waals surface area contributed by atoms with E-state index < -0.39 is 5.97 Å². The van der Waals surface area contributed by atoms with Gasteiger partial charge in [-0.1, -0.05) is 6.42 Å². The highest BCUT2D eigenvalue weighted by Crippen LogP contribution is 2.32. The average molecular weight is 281 g/mol. The summed E-state index contributed by atoms with van der Waals surface area (Å²) in [7, 11) is 2.19. The van der Waals surface area contributed by atoms with E-state index in [1.165, 1.54) is 19.3 Å². The van der Waals surface area contributed by atoms with Crippen molar-refractivity contribution in [2.45, 2.75) is 50.2 Å². The number of nitrogens with zero attached hydrogens (tertiary/aromatic N) is 2. The van der Waals surface area contributed by atoms with Crippen molar-refractivity contribution in [3.63, 3.8) is 0 Å². The highest BCUT2D eigenvalue weighted by Gasteiger charge is 2.39. The van der Waals surface area contributed by atoms with Gasteiger partial charge in [0.05, 0.1) is 5.92 Å². The van der Waals surface area contributed by atoms with Crippen LogP contribution in [0.3, 0.4) is 0 Å². The van der Waals surface area contributed by atoms with Gasteiger partial charge in [0.2, 0.25) is 0 Å². The maximum atomic E-state index is 12.1. The molecule has 112 valence electrons. The molecule has 0 radical (unpaired) electrons. The molecule has 3 aliphatic heterocycles. The first-order valence-corrected chi connectivity index (χ1v) is 7.54. The number of aliphatic carboxylic acids is 1. The maximum Gasteiger partial charge on any atom is 0.317 e. The van der Waals surface area contributed by atoms with Crippen molar-refractivity contribution in [2.75, 3.05) is 20.1 Å². The lowest BCUT2D eigenvalue weighted by Gasteiger charge is -2.47. The Kier molecular flexibility index (Phi) is 3.58. The van der Waals surface area contributed by atoms with E-state index >= 15 is 0 Å². The minimum Gasteiger partial charge on any atom is -0.481 e. The molecule has 2 atom stereocenters. The normalized spacial score (nSPS) is 34.5. The monoisotopic (exact) mass is 281 g/mol. The van der Waals surface area contributed by atoms with Gasteiger partial charge in [0, 0.05) is 31.2 Å². The fourth-order valence-corrected chi connectivity index (χ4v) is 3.80. The molecule has 2 amide bonds. The SMILES string of the molecule is CN1C2CCCC1CC(NC(=O)N1CC(C(=O)O)C1)C2. The molecule has 0 aromatic rings. The molecule has 3 saturated heterocycles. The average Bonchev–Trinajstić information content (AvgIpc) is 2.27. The quantitative estimate of drug-likeness (QED) is 0.782. The number of carboxylic acids is 1. The van der Waals surface area contributed by atoms with E-state index in [9.17, 15) is 9.59 Å². The summed E-state index contributed by atoms with van der Waals surface area (Å²) >= 11 is 0. The third-order valence-corrected chi connectivity index (χ3v) is 5.19. The lowest BCUT2D eigenvalue weighted by Crippen LogP contribution is -2.60. The number of hydrogen-bond donors (Lipinski definition) is 2. The first-order chi connectivity index (χ1) is 9.54. The Morgan fingerprint density at radius 2 is 1.75 bits per heavy atom. The van der Waals surface area contributed by atoms with Crippen LogP contribution in [0.5, 0.6) is 0 Å². The number of hydrogen-bond acceptors (Lipinski definition) is 3.